The largest absolute Gasteiger partial charge is 0.354 e. The highest BCUT2D eigenvalue weighted by Gasteiger charge is 2.33. The number of amides is 2. The van der Waals surface area contributed by atoms with Gasteiger partial charge in [0, 0.05) is 31.0 Å². The molecule has 1 saturated carbocycles. The summed E-state index contributed by atoms with van der Waals surface area (Å²) in [6, 6.07) is 0.245. The van der Waals surface area contributed by atoms with Crippen LogP contribution in [0.25, 0.3) is 0 Å². The van der Waals surface area contributed by atoms with Crippen LogP contribution >= 0.6 is 0 Å². The molecule has 5 nitrogen and oxygen atoms in total. The molecule has 2 amide bonds. The molecule has 1 aliphatic heterocycles. The summed E-state index contributed by atoms with van der Waals surface area (Å²) in [6.07, 6.45) is 4.37. The predicted octanol–water partition coefficient (Wildman–Crippen LogP) is 0.145. The van der Waals surface area contributed by atoms with E-state index >= 15 is 0 Å². The molecule has 4 unspecified atom stereocenters. The fraction of sp³-hybridized carbons (Fsp3) is 0.846. The zero-order valence-corrected chi connectivity index (χ0v) is 10.9. The van der Waals surface area contributed by atoms with Crippen LogP contribution in [0.1, 0.15) is 39.0 Å². The van der Waals surface area contributed by atoms with E-state index in [0.29, 0.717) is 13.0 Å². The number of carbonyl (C=O) groups is 2. The van der Waals surface area contributed by atoms with Gasteiger partial charge in [0.1, 0.15) is 0 Å². The molecular weight excluding hydrogens is 230 g/mol. The van der Waals surface area contributed by atoms with Crippen molar-refractivity contribution < 1.29 is 9.59 Å². The quantitative estimate of drug-likeness (QED) is 0.669. The third-order valence-electron chi connectivity index (χ3n) is 4.31. The number of nitrogens with one attached hydrogen (secondary N) is 2. The zero-order valence-electron chi connectivity index (χ0n) is 10.9. The SMILES string of the molecule is CC1C(N)CCCC1C(=O)NCC1CCC(=O)N1. The van der Waals surface area contributed by atoms with Crippen LogP contribution in [-0.2, 0) is 9.59 Å². The van der Waals surface area contributed by atoms with Gasteiger partial charge in [0.2, 0.25) is 11.8 Å². The van der Waals surface area contributed by atoms with Gasteiger partial charge in [0.15, 0.2) is 0 Å². The Hall–Kier alpha value is -1.10. The first kappa shape index (κ1) is 13.3. The van der Waals surface area contributed by atoms with E-state index in [4.69, 9.17) is 5.73 Å². The number of rotatable bonds is 3. The van der Waals surface area contributed by atoms with Crippen molar-refractivity contribution in [2.75, 3.05) is 6.54 Å². The molecule has 5 heteroatoms. The molecule has 4 N–H and O–H groups in total. The van der Waals surface area contributed by atoms with Crippen molar-refractivity contribution in [2.24, 2.45) is 17.6 Å². The third kappa shape index (κ3) is 3.02. The molecule has 2 rings (SSSR count). The van der Waals surface area contributed by atoms with Crippen molar-refractivity contribution in [3.8, 4) is 0 Å². The van der Waals surface area contributed by atoms with Gasteiger partial charge in [-0.3, -0.25) is 9.59 Å². The summed E-state index contributed by atoms with van der Waals surface area (Å²) in [6.45, 7) is 2.61. The second kappa shape index (κ2) is 5.69. The molecule has 0 aromatic heterocycles. The monoisotopic (exact) mass is 253 g/mol. The van der Waals surface area contributed by atoms with Crippen LogP contribution in [0, 0.1) is 11.8 Å². The van der Waals surface area contributed by atoms with E-state index < -0.39 is 0 Å². The van der Waals surface area contributed by atoms with E-state index in [1.165, 1.54) is 0 Å². The molecule has 2 aliphatic rings. The normalized spacial score (nSPS) is 36.2. The van der Waals surface area contributed by atoms with E-state index in [2.05, 4.69) is 17.6 Å². The Morgan fingerprint density at radius 1 is 1.44 bits per heavy atom. The highest BCUT2D eigenvalue weighted by atomic mass is 16.2. The molecule has 0 aromatic rings. The average Bonchev–Trinajstić information content (AvgIpc) is 2.76. The fourth-order valence-electron chi connectivity index (χ4n) is 2.95. The van der Waals surface area contributed by atoms with Gasteiger partial charge in [-0.1, -0.05) is 13.3 Å². The molecule has 4 atom stereocenters. The van der Waals surface area contributed by atoms with Gasteiger partial charge in [-0.25, -0.2) is 0 Å². The van der Waals surface area contributed by atoms with Crippen LogP contribution < -0.4 is 16.4 Å². The van der Waals surface area contributed by atoms with Gasteiger partial charge in [-0.15, -0.1) is 0 Å². The first-order valence-corrected chi connectivity index (χ1v) is 6.90. The first-order chi connectivity index (χ1) is 8.58. The van der Waals surface area contributed by atoms with Crippen LogP contribution in [0.3, 0.4) is 0 Å². The molecule has 0 spiro atoms. The molecule has 0 bridgehead atoms. The summed E-state index contributed by atoms with van der Waals surface area (Å²) in [5, 5.41) is 5.81. The number of hydrogen-bond donors (Lipinski definition) is 3. The van der Waals surface area contributed by atoms with Gasteiger partial charge >= 0.3 is 0 Å². The second-order valence-electron chi connectivity index (χ2n) is 5.61. The van der Waals surface area contributed by atoms with E-state index in [1.54, 1.807) is 0 Å². The summed E-state index contributed by atoms with van der Waals surface area (Å²) in [4.78, 5) is 23.2. The highest BCUT2D eigenvalue weighted by molar-refractivity contribution is 5.80. The number of nitrogens with two attached hydrogens (primary N) is 1. The molecular formula is C13H23N3O2. The summed E-state index contributed by atoms with van der Waals surface area (Å²) in [7, 11) is 0. The summed E-state index contributed by atoms with van der Waals surface area (Å²) < 4.78 is 0. The summed E-state index contributed by atoms with van der Waals surface area (Å²) in [5.41, 5.74) is 6.01. The average molecular weight is 253 g/mol. The van der Waals surface area contributed by atoms with Gasteiger partial charge in [0.05, 0.1) is 0 Å². The Bertz CT molecular complexity index is 332. The van der Waals surface area contributed by atoms with Gasteiger partial charge in [0.25, 0.3) is 0 Å². The Kier molecular flexibility index (Phi) is 4.22. The van der Waals surface area contributed by atoms with Crippen molar-refractivity contribution in [1.82, 2.24) is 10.6 Å². The van der Waals surface area contributed by atoms with Crippen LogP contribution in [0.5, 0.6) is 0 Å². The lowest BCUT2D eigenvalue weighted by molar-refractivity contribution is -0.128. The maximum atomic E-state index is 12.1. The minimum Gasteiger partial charge on any atom is -0.354 e. The maximum Gasteiger partial charge on any atom is 0.223 e. The van der Waals surface area contributed by atoms with Crippen LogP contribution in [-0.4, -0.2) is 30.4 Å². The van der Waals surface area contributed by atoms with Gasteiger partial charge in [-0.2, -0.15) is 0 Å². The zero-order chi connectivity index (χ0) is 13.1. The molecule has 1 aliphatic carbocycles. The molecule has 0 radical (unpaired) electrons. The highest BCUT2D eigenvalue weighted by Crippen LogP contribution is 2.29. The van der Waals surface area contributed by atoms with Gasteiger partial charge < -0.3 is 16.4 Å². The van der Waals surface area contributed by atoms with E-state index in [1.807, 2.05) is 0 Å². The lowest BCUT2D eigenvalue weighted by Gasteiger charge is -2.33. The molecule has 1 heterocycles. The van der Waals surface area contributed by atoms with Crippen molar-refractivity contribution in [3.63, 3.8) is 0 Å². The Morgan fingerprint density at radius 2 is 2.22 bits per heavy atom. The Morgan fingerprint density at radius 3 is 2.89 bits per heavy atom. The first-order valence-electron chi connectivity index (χ1n) is 6.90. The Labute approximate surface area is 108 Å². The minimum atomic E-state index is 0.0332. The standard InChI is InChI=1S/C13H23N3O2/c1-8-10(3-2-4-11(8)14)13(18)15-7-9-5-6-12(17)16-9/h8-11H,2-7,14H2,1H3,(H,15,18)(H,16,17). The molecule has 102 valence electrons. The molecule has 2 fully saturated rings. The smallest absolute Gasteiger partial charge is 0.223 e. The number of hydrogen-bond acceptors (Lipinski definition) is 3. The predicted molar refractivity (Wildman–Crippen MR) is 68.7 cm³/mol. The Balaban J connectivity index is 1.78. The van der Waals surface area contributed by atoms with Crippen molar-refractivity contribution in [3.05, 3.63) is 0 Å². The lowest BCUT2D eigenvalue weighted by atomic mass is 9.77. The minimum absolute atomic E-state index is 0.0332. The maximum absolute atomic E-state index is 12.1. The third-order valence-corrected chi connectivity index (χ3v) is 4.31. The summed E-state index contributed by atoms with van der Waals surface area (Å²) >= 11 is 0. The lowest BCUT2D eigenvalue weighted by Crippen LogP contribution is -2.46. The van der Waals surface area contributed by atoms with Gasteiger partial charge in [-0.05, 0) is 25.2 Å². The molecule has 1 saturated heterocycles. The fourth-order valence-corrected chi connectivity index (χ4v) is 2.95. The van der Waals surface area contributed by atoms with Crippen molar-refractivity contribution in [2.45, 2.75) is 51.1 Å². The van der Waals surface area contributed by atoms with E-state index in [-0.39, 0.29) is 35.7 Å². The van der Waals surface area contributed by atoms with E-state index in [9.17, 15) is 9.59 Å². The molecule has 0 aromatic carbocycles. The van der Waals surface area contributed by atoms with Crippen molar-refractivity contribution in [1.29, 1.82) is 0 Å². The van der Waals surface area contributed by atoms with Crippen molar-refractivity contribution >= 4 is 11.8 Å². The topological polar surface area (TPSA) is 84.2 Å². The molecule has 18 heavy (non-hydrogen) atoms. The second-order valence-corrected chi connectivity index (χ2v) is 5.61. The van der Waals surface area contributed by atoms with Crippen LogP contribution in [0.15, 0.2) is 0 Å². The van der Waals surface area contributed by atoms with Crippen LogP contribution in [0.4, 0.5) is 0 Å². The van der Waals surface area contributed by atoms with E-state index in [0.717, 1.165) is 25.7 Å². The number of carbonyl (C=O) groups excluding carboxylic acids is 2. The van der Waals surface area contributed by atoms with Crippen LogP contribution in [0.2, 0.25) is 0 Å². The summed E-state index contributed by atoms with van der Waals surface area (Å²) in [5.74, 6) is 0.462.